The molecule has 2 heterocycles. The Morgan fingerprint density at radius 2 is 2.22 bits per heavy atom. The van der Waals surface area contributed by atoms with Gasteiger partial charge >= 0.3 is 0 Å². The predicted molar refractivity (Wildman–Crippen MR) is 75.4 cm³/mol. The zero-order chi connectivity index (χ0) is 13.0. The van der Waals surface area contributed by atoms with E-state index in [4.69, 9.17) is 0 Å². The Balaban J connectivity index is 2.32. The molecule has 0 saturated carbocycles. The minimum absolute atomic E-state index is 0.0761. The molecule has 96 valence electrons. The van der Waals surface area contributed by atoms with Crippen LogP contribution in [-0.4, -0.2) is 21.8 Å². The molecule has 0 aliphatic heterocycles. The first-order chi connectivity index (χ1) is 8.76. The van der Waals surface area contributed by atoms with Crippen LogP contribution in [0.3, 0.4) is 0 Å². The average molecular weight is 309 g/mol. The van der Waals surface area contributed by atoms with Crippen molar-refractivity contribution in [2.24, 2.45) is 0 Å². The van der Waals surface area contributed by atoms with Gasteiger partial charge in [0.2, 0.25) is 0 Å². The Labute approximate surface area is 116 Å². The summed E-state index contributed by atoms with van der Waals surface area (Å²) >= 11 is 3.40. The fraction of sp³-hybridized carbons (Fsp3) is 0.385. The van der Waals surface area contributed by atoms with Gasteiger partial charge in [-0.05, 0) is 47.6 Å². The van der Waals surface area contributed by atoms with Gasteiger partial charge in [-0.1, -0.05) is 6.92 Å². The first-order valence-corrected chi connectivity index (χ1v) is 6.86. The molecule has 1 N–H and O–H groups in total. The smallest absolute Gasteiger partial charge is 0.0919 e. The SMILES string of the molecule is CCCn1nccc1C(NC)c1ccc(Br)cn1. The molecule has 0 aliphatic carbocycles. The molecule has 0 aliphatic rings. The Bertz CT molecular complexity index is 492. The molecule has 0 aromatic carbocycles. The summed E-state index contributed by atoms with van der Waals surface area (Å²) in [7, 11) is 1.94. The normalized spacial score (nSPS) is 12.6. The lowest BCUT2D eigenvalue weighted by Crippen LogP contribution is -2.22. The molecule has 1 unspecified atom stereocenters. The number of nitrogens with zero attached hydrogens (tertiary/aromatic N) is 3. The minimum Gasteiger partial charge on any atom is -0.307 e. The molecular formula is C13H17BrN4. The van der Waals surface area contributed by atoms with E-state index >= 15 is 0 Å². The third-order valence-corrected chi connectivity index (χ3v) is 3.28. The molecule has 0 fully saturated rings. The second kappa shape index (κ2) is 6.11. The summed E-state index contributed by atoms with van der Waals surface area (Å²) in [6.07, 6.45) is 4.73. The van der Waals surface area contributed by atoms with E-state index in [1.54, 1.807) is 0 Å². The van der Waals surface area contributed by atoms with Crippen molar-refractivity contribution in [1.82, 2.24) is 20.1 Å². The lowest BCUT2D eigenvalue weighted by Gasteiger charge is -2.17. The van der Waals surface area contributed by atoms with E-state index < -0.39 is 0 Å². The molecule has 2 rings (SSSR count). The maximum Gasteiger partial charge on any atom is 0.0919 e. The van der Waals surface area contributed by atoms with Crippen LogP contribution in [0.2, 0.25) is 0 Å². The molecular weight excluding hydrogens is 292 g/mol. The highest BCUT2D eigenvalue weighted by Gasteiger charge is 2.17. The summed E-state index contributed by atoms with van der Waals surface area (Å²) in [6, 6.07) is 6.15. The van der Waals surface area contributed by atoms with Gasteiger partial charge in [0.25, 0.3) is 0 Å². The van der Waals surface area contributed by atoms with Gasteiger partial charge in [0.15, 0.2) is 0 Å². The molecule has 0 radical (unpaired) electrons. The topological polar surface area (TPSA) is 42.7 Å². The van der Waals surface area contributed by atoms with Gasteiger partial charge in [0.1, 0.15) is 0 Å². The maximum absolute atomic E-state index is 4.46. The van der Waals surface area contributed by atoms with Crippen LogP contribution in [0.5, 0.6) is 0 Å². The fourth-order valence-corrected chi connectivity index (χ4v) is 2.23. The molecule has 0 amide bonds. The van der Waals surface area contributed by atoms with Gasteiger partial charge in [-0.2, -0.15) is 5.10 Å². The standard InChI is InChI=1S/C13H17BrN4/c1-3-8-18-12(6-7-17-18)13(15-2)11-5-4-10(14)9-16-11/h4-7,9,13,15H,3,8H2,1-2H3. The highest BCUT2D eigenvalue weighted by Crippen LogP contribution is 2.21. The fourth-order valence-electron chi connectivity index (χ4n) is 1.99. The second-order valence-electron chi connectivity index (χ2n) is 4.10. The van der Waals surface area contributed by atoms with Crippen LogP contribution in [0, 0.1) is 0 Å². The molecule has 5 heteroatoms. The summed E-state index contributed by atoms with van der Waals surface area (Å²) in [5.41, 5.74) is 2.15. The Morgan fingerprint density at radius 1 is 1.39 bits per heavy atom. The zero-order valence-electron chi connectivity index (χ0n) is 10.6. The largest absolute Gasteiger partial charge is 0.307 e. The van der Waals surface area contributed by atoms with Gasteiger partial charge < -0.3 is 5.32 Å². The summed E-state index contributed by atoms with van der Waals surface area (Å²) in [5, 5.41) is 7.66. The Kier molecular flexibility index (Phi) is 4.49. The zero-order valence-corrected chi connectivity index (χ0v) is 12.2. The van der Waals surface area contributed by atoms with Crippen LogP contribution < -0.4 is 5.32 Å². The van der Waals surface area contributed by atoms with Gasteiger partial charge in [-0.25, -0.2) is 0 Å². The summed E-state index contributed by atoms with van der Waals surface area (Å²) in [6.45, 7) is 3.08. The van der Waals surface area contributed by atoms with Crippen molar-refractivity contribution in [2.45, 2.75) is 25.9 Å². The van der Waals surface area contributed by atoms with Crippen LogP contribution in [-0.2, 0) is 6.54 Å². The Hall–Kier alpha value is -1.20. The van der Waals surface area contributed by atoms with Gasteiger partial charge in [0, 0.05) is 23.4 Å². The molecule has 0 saturated heterocycles. The van der Waals surface area contributed by atoms with E-state index in [1.165, 1.54) is 0 Å². The third-order valence-electron chi connectivity index (χ3n) is 2.82. The van der Waals surface area contributed by atoms with Crippen LogP contribution in [0.15, 0.2) is 35.1 Å². The number of hydrogen-bond donors (Lipinski definition) is 1. The predicted octanol–water partition coefficient (Wildman–Crippen LogP) is 2.76. The number of hydrogen-bond acceptors (Lipinski definition) is 3. The monoisotopic (exact) mass is 308 g/mol. The molecule has 18 heavy (non-hydrogen) atoms. The molecule has 0 bridgehead atoms. The number of aromatic nitrogens is 3. The molecule has 0 spiro atoms. The van der Waals surface area contributed by atoms with Gasteiger partial charge in [0.05, 0.1) is 17.4 Å². The van der Waals surface area contributed by atoms with Crippen molar-refractivity contribution in [1.29, 1.82) is 0 Å². The highest BCUT2D eigenvalue weighted by atomic mass is 79.9. The number of pyridine rings is 1. The van der Waals surface area contributed by atoms with Gasteiger partial charge in [-0.15, -0.1) is 0 Å². The molecule has 2 aromatic heterocycles. The van der Waals surface area contributed by atoms with E-state index in [2.05, 4.69) is 38.3 Å². The number of rotatable bonds is 5. The van der Waals surface area contributed by atoms with Crippen LogP contribution in [0.4, 0.5) is 0 Å². The van der Waals surface area contributed by atoms with Crippen molar-refractivity contribution < 1.29 is 0 Å². The first-order valence-electron chi connectivity index (χ1n) is 6.06. The lowest BCUT2D eigenvalue weighted by molar-refractivity contribution is 0.529. The first kappa shape index (κ1) is 13.2. The van der Waals surface area contributed by atoms with Crippen LogP contribution in [0.25, 0.3) is 0 Å². The van der Waals surface area contributed by atoms with E-state index in [9.17, 15) is 0 Å². The molecule has 4 nitrogen and oxygen atoms in total. The van der Waals surface area contributed by atoms with Crippen molar-refractivity contribution in [3.63, 3.8) is 0 Å². The molecule has 1 atom stereocenters. The summed E-state index contributed by atoms with van der Waals surface area (Å²) in [5.74, 6) is 0. The summed E-state index contributed by atoms with van der Waals surface area (Å²) < 4.78 is 3.02. The number of aryl methyl sites for hydroxylation is 1. The third kappa shape index (κ3) is 2.79. The summed E-state index contributed by atoms with van der Waals surface area (Å²) in [4.78, 5) is 4.46. The maximum atomic E-state index is 4.46. The van der Waals surface area contributed by atoms with Crippen molar-refractivity contribution in [3.05, 3.63) is 46.5 Å². The van der Waals surface area contributed by atoms with Crippen molar-refractivity contribution >= 4 is 15.9 Å². The number of halogens is 1. The number of nitrogens with one attached hydrogen (secondary N) is 1. The average Bonchev–Trinajstić information content (AvgIpc) is 2.82. The van der Waals surface area contributed by atoms with Crippen molar-refractivity contribution in [3.8, 4) is 0 Å². The highest BCUT2D eigenvalue weighted by molar-refractivity contribution is 9.10. The lowest BCUT2D eigenvalue weighted by atomic mass is 10.1. The van der Waals surface area contributed by atoms with Crippen LogP contribution >= 0.6 is 15.9 Å². The van der Waals surface area contributed by atoms with E-state index in [1.807, 2.05) is 42.3 Å². The van der Waals surface area contributed by atoms with Crippen LogP contribution in [0.1, 0.15) is 30.8 Å². The molecule has 2 aromatic rings. The van der Waals surface area contributed by atoms with Crippen molar-refractivity contribution in [2.75, 3.05) is 7.05 Å². The van der Waals surface area contributed by atoms with E-state index in [0.29, 0.717) is 0 Å². The quantitative estimate of drug-likeness (QED) is 0.923. The Morgan fingerprint density at radius 3 is 2.83 bits per heavy atom. The minimum atomic E-state index is 0.0761. The van der Waals surface area contributed by atoms with E-state index in [0.717, 1.165) is 28.8 Å². The van der Waals surface area contributed by atoms with E-state index in [-0.39, 0.29) is 6.04 Å². The second-order valence-corrected chi connectivity index (χ2v) is 5.02. The van der Waals surface area contributed by atoms with Gasteiger partial charge in [-0.3, -0.25) is 9.67 Å².